The zero-order valence-electron chi connectivity index (χ0n) is 9.55. The highest BCUT2D eigenvalue weighted by Gasteiger charge is 2.09. The summed E-state index contributed by atoms with van der Waals surface area (Å²) in [7, 11) is 1.55. The normalized spacial score (nSPS) is 9.94. The lowest BCUT2D eigenvalue weighted by Gasteiger charge is -2.07. The van der Waals surface area contributed by atoms with E-state index in [1.165, 1.54) is 0 Å². The van der Waals surface area contributed by atoms with Crippen LogP contribution in [0.15, 0.2) is 30.5 Å². The van der Waals surface area contributed by atoms with Crippen molar-refractivity contribution in [3.8, 4) is 17.4 Å². The van der Waals surface area contributed by atoms with Gasteiger partial charge in [-0.15, -0.1) is 0 Å². The monoisotopic (exact) mass is 250 g/mol. The quantitative estimate of drug-likeness (QED) is 0.635. The Balaban J connectivity index is 2.21. The van der Waals surface area contributed by atoms with E-state index in [1.807, 2.05) is 0 Å². The van der Waals surface area contributed by atoms with Crippen LogP contribution in [0.25, 0.3) is 0 Å². The van der Waals surface area contributed by atoms with Crippen molar-refractivity contribution in [1.82, 2.24) is 9.97 Å². The fourth-order valence-electron chi connectivity index (χ4n) is 1.25. The number of methoxy groups -OCH3 is 1. The van der Waals surface area contributed by atoms with E-state index in [1.54, 1.807) is 31.4 Å². The molecule has 1 aromatic carbocycles. The summed E-state index contributed by atoms with van der Waals surface area (Å²) in [6.07, 6.45) is 0.973. The van der Waals surface area contributed by atoms with Gasteiger partial charge in [0.25, 0.3) is 5.88 Å². The van der Waals surface area contributed by atoms with Crippen molar-refractivity contribution in [2.75, 3.05) is 12.5 Å². The topological polar surface area (TPSA) is 82.3 Å². The summed E-state index contributed by atoms with van der Waals surface area (Å²) >= 11 is 0. The first kappa shape index (κ1) is 12.1. The molecule has 0 atom stereocenters. The minimum Gasteiger partial charge on any atom is -0.497 e. The van der Waals surface area contributed by atoms with Gasteiger partial charge in [-0.05, 0) is 24.3 Å². The Bertz CT molecular complexity index is 533. The smallest absolute Gasteiger partial charge is 0.260 e. The van der Waals surface area contributed by atoms with Gasteiger partial charge in [-0.1, -0.05) is 0 Å². The average Bonchev–Trinajstić information content (AvgIpc) is 2.42. The second kappa shape index (κ2) is 5.28. The van der Waals surface area contributed by atoms with E-state index < -0.39 is 5.82 Å². The molecule has 0 aliphatic heterocycles. The van der Waals surface area contributed by atoms with Crippen LogP contribution in [0, 0.1) is 5.82 Å². The van der Waals surface area contributed by atoms with Gasteiger partial charge in [0.1, 0.15) is 11.5 Å². The first-order valence-electron chi connectivity index (χ1n) is 5.04. The molecule has 2 aromatic rings. The van der Waals surface area contributed by atoms with Gasteiger partial charge in [-0.25, -0.2) is 10.8 Å². The maximum Gasteiger partial charge on any atom is 0.260 e. The number of hydrogen-bond acceptors (Lipinski definition) is 6. The first-order chi connectivity index (χ1) is 8.72. The predicted octanol–water partition coefficient (Wildman–Crippen LogP) is 1.70. The van der Waals surface area contributed by atoms with Crippen molar-refractivity contribution in [3.05, 3.63) is 36.3 Å². The molecule has 94 valence electrons. The fraction of sp³-hybridized carbons (Fsp3) is 0.0909. The van der Waals surface area contributed by atoms with Crippen LogP contribution in [0.4, 0.5) is 10.3 Å². The summed E-state index contributed by atoms with van der Waals surface area (Å²) in [4.78, 5) is 7.36. The zero-order chi connectivity index (χ0) is 13.0. The number of rotatable bonds is 4. The van der Waals surface area contributed by atoms with Crippen LogP contribution in [0.1, 0.15) is 0 Å². The number of nitrogens with one attached hydrogen (secondary N) is 1. The van der Waals surface area contributed by atoms with Crippen molar-refractivity contribution < 1.29 is 13.9 Å². The van der Waals surface area contributed by atoms with Gasteiger partial charge in [-0.3, -0.25) is 5.43 Å². The average molecular weight is 250 g/mol. The van der Waals surface area contributed by atoms with E-state index in [0.29, 0.717) is 11.5 Å². The van der Waals surface area contributed by atoms with Gasteiger partial charge >= 0.3 is 0 Å². The van der Waals surface area contributed by atoms with Gasteiger partial charge in [-0.2, -0.15) is 9.37 Å². The number of hydrogen-bond donors (Lipinski definition) is 2. The van der Waals surface area contributed by atoms with Crippen molar-refractivity contribution in [2.45, 2.75) is 0 Å². The van der Waals surface area contributed by atoms with Gasteiger partial charge in [0.15, 0.2) is 0 Å². The van der Waals surface area contributed by atoms with Gasteiger partial charge in [0, 0.05) is 0 Å². The van der Waals surface area contributed by atoms with Gasteiger partial charge in [0.05, 0.1) is 13.3 Å². The Labute approximate surface area is 103 Å². The van der Waals surface area contributed by atoms with Crippen molar-refractivity contribution >= 4 is 5.95 Å². The van der Waals surface area contributed by atoms with Crippen LogP contribution in [-0.2, 0) is 0 Å². The lowest BCUT2D eigenvalue weighted by atomic mass is 10.3. The molecule has 3 N–H and O–H groups in total. The lowest BCUT2D eigenvalue weighted by Crippen LogP contribution is -2.11. The standard InChI is InChI=1S/C11H11FN4O2/c1-17-7-2-4-8(5-3-7)18-10-9(12)6-14-11(15-10)16-13/h2-6H,13H2,1H3,(H,14,15,16). The molecule has 1 aromatic heterocycles. The number of halogens is 1. The van der Waals surface area contributed by atoms with Crippen LogP contribution in [-0.4, -0.2) is 17.1 Å². The molecule has 0 saturated heterocycles. The molecule has 0 aliphatic carbocycles. The zero-order valence-corrected chi connectivity index (χ0v) is 9.55. The number of nitrogen functional groups attached to an aromatic ring is 1. The second-order valence-electron chi connectivity index (χ2n) is 3.27. The van der Waals surface area contributed by atoms with Crippen LogP contribution in [0.5, 0.6) is 17.4 Å². The Morgan fingerprint density at radius 1 is 1.22 bits per heavy atom. The highest BCUT2D eigenvalue weighted by molar-refractivity contribution is 5.35. The number of benzene rings is 1. The molecule has 0 saturated carbocycles. The summed E-state index contributed by atoms with van der Waals surface area (Å²) in [5, 5.41) is 0. The number of nitrogens with two attached hydrogens (primary N) is 1. The molecule has 18 heavy (non-hydrogen) atoms. The maximum atomic E-state index is 13.4. The van der Waals surface area contributed by atoms with E-state index in [4.69, 9.17) is 15.3 Å². The second-order valence-corrected chi connectivity index (χ2v) is 3.27. The van der Waals surface area contributed by atoms with E-state index in [9.17, 15) is 4.39 Å². The third-order valence-electron chi connectivity index (χ3n) is 2.11. The largest absolute Gasteiger partial charge is 0.497 e. The van der Waals surface area contributed by atoms with Gasteiger partial charge in [0.2, 0.25) is 11.8 Å². The summed E-state index contributed by atoms with van der Waals surface area (Å²) in [6.45, 7) is 0. The molecule has 2 rings (SSSR count). The number of hydrazine groups is 1. The Morgan fingerprint density at radius 3 is 2.50 bits per heavy atom. The van der Waals surface area contributed by atoms with Crippen molar-refractivity contribution in [3.63, 3.8) is 0 Å². The summed E-state index contributed by atoms with van der Waals surface area (Å²) < 4.78 is 23.7. The third-order valence-corrected chi connectivity index (χ3v) is 2.11. The predicted molar refractivity (Wildman–Crippen MR) is 62.9 cm³/mol. The number of aromatic nitrogens is 2. The lowest BCUT2D eigenvalue weighted by molar-refractivity contribution is 0.407. The Kier molecular flexibility index (Phi) is 3.54. The SMILES string of the molecule is COc1ccc(Oc2nc(NN)ncc2F)cc1. The van der Waals surface area contributed by atoms with E-state index in [2.05, 4.69) is 15.4 Å². The van der Waals surface area contributed by atoms with Crippen molar-refractivity contribution in [2.24, 2.45) is 5.84 Å². The van der Waals surface area contributed by atoms with E-state index in [-0.39, 0.29) is 11.8 Å². The minimum absolute atomic E-state index is 0.0694. The number of nitrogens with zero attached hydrogens (tertiary/aromatic N) is 2. The molecule has 0 aliphatic rings. The van der Waals surface area contributed by atoms with Crippen LogP contribution < -0.4 is 20.7 Å². The molecule has 0 bridgehead atoms. The Morgan fingerprint density at radius 2 is 1.89 bits per heavy atom. The molecule has 6 nitrogen and oxygen atoms in total. The molecule has 0 radical (unpaired) electrons. The van der Waals surface area contributed by atoms with Crippen LogP contribution >= 0.6 is 0 Å². The molecular weight excluding hydrogens is 239 g/mol. The van der Waals surface area contributed by atoms with Crippen molar-refractivity contribution in [1.29, 1.82) is 0 Å². The molecule has 0 amide bonds. The minimum atomic E-state index is -0.676. The van der Waals surface area contributed by atoms with Gasteiger partial charge < -0.3 is 9.47 Å². The van der Waals surface area contributed by atoms with E-state index >= 15 is 0 Å². The molecular formula is C11H11FN4O2. The summed E-state index contributed by atoms with van der Waals surface area (Å²) in [6, 6.07) is 6.65. The molecule has 0 spiro atoms. The summed E-state index contributed by atoms with van der Waals surface area (Å²) in [5.41, 5.74) is 2.21. The molecule has 1 heterocycles. The molecule has 0 unspecified atom stereocenters. The Hall–Kier alpha value is -2.41. The number of anilines is 1. The maximum absolute atomic E-state index is 13.4. The number of ether oxygens (including phenoxy) is 2. The third kappa shape index (κ3) is 2.64. The van der Waals surface area contributed by atoms with Crippen LogP contribution in [0.2, 0.25) is 0 Å². The van der Waals surface area contributed by atoms with E-state index in [0.717, 1.165) is 6.20 Å². The molecule has 0 fully saturated rings. The molecule has 7 heteroatoms. The fourth-order valence-corrected chi connectivity index (χ4v) is 1.25. The highest BCUT2D eigenvalue weighted by atomic mass is 19.1. The first-order valence-corrected chi connectivity index (χ1v) is 5.04. The highest BCUT2D eigenvalue weighted by Crippen LogP contribution is 2.24. The van der Waals surface area contributed by atoms with Crippen LogP contribution in [0.3, 0.4) is 0 Å². The summed E-state index contributed by atoms with van der Waals surface area (Å²) in [5.74, 6) is 5.42.